The number of piperazine rings is 2. The summed E-state index contributed by atoms with van der Waals surface area (Å²) in [5.41, 5.74) is 3.76. The number of nitrogens with zero attached hydrogens (tertiary/aromatic N) is 3. The van der Waals surface area contributed by atoms with Crippen LogP contribution in [0.1, 0.15) is 28.5 Å². The summed E-state index contributed by atoms with van der Waals surface area (Å²) in [6, 6.07) is 16.1. The molecular weight excluding hydrogens is 418 g/mol. The molecule has 0 spiro atoms. The Bertz CT molecular complexity index is 1220. The van der Waals surface area contributed by atoms with Crippen molar-refractivity contribution in [1.29, 1.82) is 0 Å². The summed E-state index contributed by atoms with van der Waals surface area (Å²) in [5.74, 6) is 0.235. The number of aryl methyl sites for hydroxylation is 1. The maximum Gasteiger partial charge on any atom is 0.247 e. The number of hydrogen-bond donors (Lipinski definition) is 0. The molecule has 3 aliphatic heterocycles. The summed E-state index contributed by atoms with van der Waals surface area (Å²) in [6.07, 6.45) is 1.65. The fraction of sp³-hybridized carbons (Fsp3) is 0.385. The molecule has 4 heterocycles. The van der Waals surface area contributed by atoms with E-state index in [1.54, 1.807) is 0 Å². The van der Waals surface area contributed by atoms with Crippen LogP contribution in [0.3, 0.4) is 0 Å². The van der Waals surface area contributed by atoms with Crippen molar-refractivity contribution in [2.75, 3.05) is 19.6 Å². The highest BCUT2D eigenvalue weighted by atomic mass is 32.1. The zero-order valence-electron chi connectivity index (χ0n) is 18.3. The van der Waals surface area contributed by atoms with Gasteiger partial charge in [0.1, 0.15) is 12.1 Å². The first-order valence-corrected chi connectivity index (χ1v) is 12.3. The summed E-state index contributed by atoms with van der Waals surface area (Å²) in [7, 11) is 0. The van der Waals surface area contributed by atoms with Gasteiger partial charge >= 0.3 is 0 Å². The van der Waals surface area contributed by atoms with E-state index in [0.717, 1.165) is 19.5 Å². The molecule has 0 bridgehead atoms. The largest absolute Gasteiger partial charge is 0.326 e. The summed E-state index contributed by atoms with van der Waals surface area (Å²) >= 11 is 1.88. The quantitative estimate of drug-likeness (QED) is 0.620. The number of carbonyl (C=O) groups is 2. The van der Waals surface area contributed by atoms with Gasteiger partial charge in [0, 0.05) is 48.7 Å². The van der Waals surface area contributed by atoms with Gasteiger partial charge in [-0.25, -0.2) is 0 Å². The van der Waals surface area contributed by atoms with Crippen molar-refractivity contribution in [3.05, 3.63) is 70.1 Å². The van der Waals surface area contributed by atoms with E-state index in [-0.39, 0.29) is 23.9 Å². The predicted octanol–water partition coefficient (Wildman–Crippen LogP) is 3.44. The third-order valence-corrected chi connectivity index (χ3v) is 8.69. The second kappa shape index (κ2) is 7.71. The normalized spacial score (nSPS) is 23.3. The molecule has 2 aromatic carbocycles. The minimum atomic E-state index is -0.368. The maximum absolute atomic E-state index is 13.5. The molecule has 6 rings (SSSR count). The highest BCUT2D eigenvalue weighted by Gasteiger charge is 2.49. The van der Waals surface area contributed by atoms with Gasteiger partial charge in [0.25, 0.3) is 0 Å². The molecule has 1 aromatic heterocycles. The van der Waals surface area contributed by atoms with Gasteiger partial charge in [-0.15, -0.1) is 11.3 Å². The Morgan fingerprint density at radius 2 is 1.66 bits per heavy atom. The van der Waals surface area contributed by atoms with E-state index in [2.05, 4.69) is 48.2 Å². The van der Waals surface area contributed by atoms with Crippen LogP contribution in [0.15, 0.2) is 48.5 Å². The van der Waals surface area contributed by atoms with Crippen LogP contribution in [-0.4, -0.2) is 58.2 Å². The Labute approximate surface area is 192 Å². The van der Waals surface area contributed by atoms with Crippen molar-refractivity contribution < 1.29 is 9.59 Å². The topological polar surface area (TPSA) is 43.9 Å². The van der Waals surface area contributed by atoms with Crippen LogP contribution in [0.4, 0.5) is 0 Å². The van der Waals surface area contributed by atoms with E-state index in [1.165, 1.54) is 31.7 Å². The summed E-state index contributed by atoms with van der Waals surface area (Å²) in [5, 5.41) is 1.33. The number of hydrogen-bond acceptors (Lipinski definition) is 4. The van der Waals surface area contributed by atoms with Gasteiger partial charge in [0.2, 0.25) is 11.8 Å². The van der Waals surface area contributed by atoms with Crippen molar-refractivity contribution in [3.63, 3.8) is 0 Å². The lowest BCUT2D eigenvalue weighted by Gasteiger charge is -2.50. The van der Waals surface area contributed by atoms with E-state index in [0.29, 0.717) is 26.1 Å². The van der Waals surface area contributed by atoms with Crippen LogP contribution < -0.4 is 0 Å². The zero-order chi connectivity index (χ0) is 21.8. The second-order valence-electron chi connectivity index (χ2n) is 9.09. The van der Waals surface area contributed by atoms with Crippen LogP contribution in [-0.2, 0) is 35.5 Å². The monoisotopic (exact) mass is 445 g/mol. The molecule has 2 atom stereocenters. The van der Waals surface area contributed by atoms with Crippen LogP contribution in [0.2, 0.25) is 0 Å². The van der Waals surface area contributed by atoms with Gasteiger partial charge in [-0.2, -0.15) is 0 Å². The molecule has 0 saturated carbocycles. The molecule has 0 aliphatic carbocycles. The van der Waals surface area contributed by atoms with Crippen molar-refractivity contribution in [2.24, 2.45) is 0 Å². The Morgan fingerprint density at radius 3 is 2.50 bits per heavy atom. The van der Waals surface area contributed by atoms with E-state index in [9.17, 15) is 9.59 Å². The van der Waals surface area contributed by atoms with E-state index in [4.69, 9.17) is 0 Å². The van der Waals surface area contributed by atoms with Gasteiger partial charge in [0.15, 0.2) is 0 Å². The average molecular weight is 446 g/mol. The summed E-state index contributed by atoms with van der Waals surface area (Å²) in [4.78, 5) is 34.4. The van der Waals surface area contributed by atoms with Crippen molar-refractivity contribution in [1.82, 2.24) is 14.7 Å². The molecule has 2 saturated heterocycles. The number of amides is 2. The van der Waals surface area contributed by atoms with Crippen LogP contribution in [0, 0.1) is 0 Å². The Kier molecular flexibility index (Phi) is 4.81. The highest BCUT2D eigenvalue weighted by molar-refractivity contribution is 7.19. The number of fused-ring (bicyclic) bond motifs is 4. The number of benzene rings is 2. The molecule has 6 heteroatoms. The van der Waals surface area contributed by atoms with Gasteiger partial charge < -0.3 is 9.80 Å². The zero-order valence-corrected chi connectivity index (χ0v) is 19.1. The number of carbonyl (C=O) groups excluding carboxylic acids is 2. The molecule has 32 heavy (non-hydrogen) atoms. The lowest BCUT2D eigenvalue weighted by Crippen LogP contribution is -2.70. The molecule has 0 N–H and O–H groups in total. The molecule has 2 amide bonds. The average Bonchev–Trinajstić information content (AvgIpc) is 3.19. The molecule has 3 aliphatic rings. The van der Waals surface area contributed by atoms with Gasteiger partial charge in [-0.05, 0) is 34.6 Å². The Morgan fingerprint density at radius 1 is 0.906 bits per heavy atom. The lowest BCUT2D eigenvalue weighted by molar-refractivity contribution is -0.167. The standard InChI is InChI=1S/C26H27N3O2S/c1-2-23-20(19-9-5-6-10-24(19)32-23)15-27-11-12-28-22(16-27)26(31)29-14-18-8-4-3-7-17(18)13-21(29)25(28)30/h3-10,21-22H,2,11-16H2,1H3. The second-order valence-corrected chi connectivity index (χ2v) is 10.2. The molecule has 2 fully saturated rings. The SMILES string of the molecule is CCc1sc2ccccc2c1CN1CCN2C(=O)C3Cc4ccccc4CN3C(=O)C2C1. The molecule has 2 unspecified atom stereocenters. The van der Waals surface area contributed by atoms with Crippen molar-refractivity contribution in [2.45, 2.75) is 44.9 Å². The smallest absolute Gasteiger partial charge is 0.247 e. The maximum atomic E-state index is 13.5. The fourth-order valence-electron chi connectivity index (χ4n) is 5.65. The minimum Gasteiger partial charge on any atom is -0.326 e. The first-order chi connectivity index (χ1) is 15.6. The Hall–Kier alpha value is -2.70. The predicted molar refractivity (Wildman–Crippen MR) is 126 cm³/mol. The molecule has 3 aromatic rings. The van der Waals surface area contributed by atoms with Gasteiger partial charge in [-0.1, -0.05) is 49.4 Å². The lowest BCUT2D eigenvalue weighted by atomic mass is 9.89. The van der Waals surface area contributed by atoms with Crippen molar-refractivity contribution >= 4 is 33.2 Å². The third-order valence-electron chi connectivity index (χ3n) is 7.33. The van der Waals surface area contributed by atoms with E-state index < -0.39 is 0 Å². The highest BCUT2D eigenvalue weighted by Crippen LogP contribution is 2.34. The molecule has 5 nitrogen and oxygen atoms in total. The van der Waals surface area contributed by atoms with Crippen LogP contribution in [0.5, 0.6) is 0 Å². The molecular formula is C26H27N3O2S. The van der Waals surface area contributed by atoms with Gasteiger partial charge in [-0.3, -0.25) is 14.5 Å². The first-order valence-electron chi connectivity index (χ1n) is 11.5. The number of rotatable bonds is 3. The fourth-order valence-corrected chi connectivity index (χ4v) is 6.80. The van der Waals surface area contributed by atoms with Crippen LogP contribution >= 0.6 is 11.3 Å². The number of thiophene rings is 1. The summed E-state index contributed by atoms with van der Waals surface area (Å²) in [6.45, 7) is 5.65. The molecule has 0 radical (unpaired) electrons. The van der Waals surface area contributed by atoms with Crippen LogP contribution in [0.25, 0.3) is 10.1 Å². The summed E-state index contributed by atoms with van der Waals surface area (Å²) < 4.78 is 1.33. The minimum absolute atomic E-state index is 0.111. The molecule has 164 valence electrons. The Balaban J connectivity index is 1.26. The van der Waals surface area contributed by atoms with Crippen molar-refractivity contribution in [3.8, 4) is 0 Å². The third kappa shape index (κ3) is 3.08. The van der Waals surface area contributed by atoms with Gasteiger partial charge in [0.05, 0.1) is 0 Å². The van der Waals surface area contributed by atoms with E-state index >= 15 is 0 Å². The first kappa shape index (κ1) is 19.9. The van der Waals surface area contributed by atoms with E-state index in [1.807, 2.05) is 33.3 Å².